The van der Waals surface area contributed by atoms with Crippen LogP contribution in [0.25, 0.3) is 0 Å². The summed E-state index contributed by atoms with van der Waals surface area (Å²) in [5.74, 6) is -0.105. The number of nitrogens with one attached hydrogen (secondary N) is 1. The number of hydrogen-bond donors (Lipinski definition) is 1. The summed E-state index contributed by atoms with van der Waals surface area (Å²) < 4.78 is 6.44. The van der Waals surface area contributed by atoms with Gasteiger partial charge in [0.25, 0.3) is 5.91 Å². The first-order chi connectivity index (χ1) is 9.25. The molecule has 0 spiro atoms. The van der Waals surface area contributed by atoms with Gasteiger partial charge in [0, 0.05) is 10.2 Å². The fourth-order valence-electron chi connectivity index (χ4n) is 1.99. The first-order valence-corrected chi connectivity index (χ1v) is 6.81. The van der Waals surface area contributed by atoms with Crippen LogP contribution in [0.5, 0.6) is 0 Å². The number of ether oxygens (including phenoxy) is 1. The molecule has 1 N–H and O–H groups in total. The molecule has 3 rings (SSSR count). The second kappa shape index (κ2) is 5.15. The van der Waals surface area contributed by atoms with E-state index in [-0.39, 0.29) is 12.0 Å². The van der Waals surface area contributed by atoms with E-state index in [1.165, 1.54) is 0 Å². The van der Waals surface area contributed by atoms with E-state index >= 15 is 0 Å². The Balaban J connectivity index is 1.67. The maximum Gasteiger partial charge on any atom is 0.256 e. The van der Waals surface area contributed by atoms with Crippen molar-refractivity contribution >= 4 is 27.5 Å². The van der Waals surface area contributed by atoms with Gasteiger partial charge in [0.15, 0.2) is 6.10 Å². The quantitative estimate of drug-likeness (QED) is 0.880. The minimum absolute atomic E-state index is 0.105. The van der Waals surface area contributed by atoms with E-state index in [4.69, 9.17) is 4.74 Å². The lowest BCUT2D eigenvalue weighted by Gasteiger charge is -2.02. The SMILES string of the molecule is O=C(Nc1ccccc1)C1OC1c1ccccc1Br. The number of epoxide rings is 1. The standard InChI is InChI=1S/C15H12BrNO2/c16-12-9-5-4-8-11(12)13-14(19-13)15(18)17-10-6-2-1-3-7-10/h1-9,13-14H,(H,17,18). The lowest BCUT2D eigenvalue weighted by molar-refractivity contribution is -0.117. The summed E-state index contributed by atoms with van der Waals surface area (Å²) in [6.45, 7) is 0. The van der Waals surface area contributed by atoms with Gasteiger partial charge in [0.05, 0.1) is 0 Å². The Morgan fingerprint density at radius 1 is 1.05 bits per heavy atom. The highest BCUT2D eigenvalue weighted by Crippen LogP contribution is 2.42. The van der Waals surface area contributed by atoms with Crippen molar-refractivity contribution in [1.82, 2.24) is 0 Å². The molecular weight excluding hydrogens is 306 g/mol. The molecule has 2 aromatic rings. The number of hydrogen-bond acceptors (Lipinski definition) is 2. The minimum Gasteiger partial charge on any atom is -0.354 e. The van der Waals surface area contributed by atoms with Crippen molar-refractivity contribution in [1.29, 1.82) is 0 Å². The van der Waals surface area contributed by atoms with Crippen molar-refractivity contribution in [3.05, 3.63) is 64.6 Å². The van der Waals surface area contributed by atoms with Gasteiger partial charge in [-0.25, -0.2) is 0 Å². The van der Waals surface area contributed by atoms with E-state index in [1.54, 1.807) is 0 Å². The van der Waals surface area contributed by atoms with E-state index < -0.39 is 6.10 Å². The van der Waals surface area contributed by atoms with Crippen LogP contribution in [0.2, 0.25) is 0 Å². The highest BCUT2D eigenvalue weighted by Gasteiger charge is 2.46. The predicted octanol–water partition coefficient (Wildman–Crippen LogP) is 3.53. The topological polar surface area (TPSA) is 41.6 Å². The zero-order valence-electron chi connectivity index (χ0n) is 10.0. The van der Waals surface area contributed by atoms with Crippen LogP contribution in [0, 0.1) is 0 Å². The van der Waals surface area contributed by atoms with Crippen molar-refractivity contribution in [3.63, 3.8) is 0 Å². The third-order valence-electron chi connectivity index (χ3n) is 3.00. The molecular formula is C15H12BrNO2. The molecule has 2 atom stereocenters. The molecule has 19 heavy (non-hydrogen) atoms. The van der Waals surface area contributed by atoms with Gasteiger partial charge in [0.1, 0.15) is 6.10 Å². The molecule has 96 valence electrons. The van der Waals surface area contributed by atoms with Crippen LogP contribution >= 0.6 is 15.9 Å². The number of benzene rings is 2. The Morgan fingerprint density at radius 2 is 1.74 bits per heavy atom. The average Bonchev–Trinajstić information content (AvgIpc) is 3.21. The largest absolute Gasteiger partial charge is 0.354 e. The minimum atomic E-state index is -0.404. The van der Waals surface area contributed by atoms with Gasteiger partial charge in [-0.15, -0.1) is 0 Å². The first kappa shape index (κ1) is 12.4. The van der Waals surface area contributed by atoms with Gasteiger partial charge in [-0.3, -0.25) is 4.79 Å². The van der Waals surface area contributed by atoms with Gasteiger partial charge in [-0.2, -0.15) is 0 Å². The Kier molecular flexibility index (Phi) is 3.36. The maximum absolute atomic E-state index is 12.0. The molecule has 1 amide bonds. The Bertz CT molecular complexity index is 600. The molecule has 1 saturated heterocycles. The molecule has 1 aliphatic rings. The maximum atomic E-state index is 12.0. The summed E-state index contributed by atoms with van der Waals surface area (Å²) in [6, 6.07) is 17.2. The first-order valence-electron chi connectivity index (χ1n) is 6.01. The third-order valence-corrected chi connectivity index (χ3v) is 3.73. The second-order valence-corrected chi connectivity index (χ2v) is 5.21. The highest BCUT2D eigenvalue weighted by molar-refractivity contribution is 9.10. The fourth-order valence-corrected chi connectivity index (χ4v) is 2.50. The number of para-hydroxylation sites is 1. The van der Waals surface area contributed by atoms with Crippen LogP contribution in [-0.4, -0.2) is 12.0 Å². The number of carbonyl (C=O) groups is 1. The molecule has 0 saturated carbocycles. The third kappa shape index (κ3) is 2.69. The molecule has 0 radical (unpaired) electrons. The molecule has 1 aliphatic heterocycles. The van der Waals surface area contributed by atoms with Crippen LogP contribution in [-0.2, 0) is 9.53 Å². The summed E-state index contributed by atoms with van der Waals surface area (Å²) in [6.07, 6.45) is -0.557. The van der Waals surface area contributed by atoms with E-state index in [0.29, 0.717) is 0 Å². The number of halogens is 1. The molecule has 1 heterocycles. The number of carbonyl (C=O) groups excluding carboxylic acids is 1. The number of amides is 1. The number of anilines is 1. The smallest absolute Gasteiger partial charge is 0.256 e. The second-order valence-electron chi connectivity index (χ2n) is 4.35. The van der Waals surface area contributed by atoms with E-state index in [1.807, 2.05) is 54.6 Å². The van der Waals surface area contributed by atoms with Crippen LogP contribution in [0.1, 0.15) is 11.7 Å². The van der Waals surface area contributed by atoms with Crippen LogP contribution in [0.15, 0.2) is 59.1 Å². The van der Waals surface area contributed by atoms with Gasteiger partial charge >= 0.3 is 0 Å². The van der Waals surface area contributed by atoms with Gasteiger partial charge < -0.3 is 10.1 Å². The predicted molar refractivity (Wildman–Crippen MR) is 76.8 cm³/mol. The summed E-state index contributed by atoms with van der Waals surface area (Å²) >= 11 is 3.47. The summed E-state index contributed by atoms with van der Waals surface area (Å²) in [7, 11) is 0. The summed E-state index contributed by atoms with van der Waals surface area (Å²) in [5.41, 5.74) is 1.80. The molecule has 2 unspecified atom stereocenters. The zero-order chi connectivity index (χ0) is 13.2. The lowest BCUT2D eigenvalue weighted by atomic mass is 10.1. The molecule has 3 nitrogen and oxygen atoms in total. The van der Waals surface area contributed by atoms with E-state index in [0.717, 1.165) is 15.7 Å². The summed E-state index contributed by atoms with van der Waals surface area (Å²) in [5, 5.41) is 2.84. The van der Waals surface area contributed by atoms with Crippen LogP contribution in [0.4, 0.5) is 5.69 Å². The van der Waals surface area contributed by atoms with E-state index in [2.05, 4.69) is 21.2 Å². The highest BCUT2D eigenvalue weighted by atomic mass is 79.9. The summed E-state index contributed by atoms with van der Waals surface area (Å²) in [4.78, 5) is 12.0. The van der Waals surface area contributed by atoms with Crippen LogP contribution in [0.3, 0.4) is 0 Å². The van der Waals surface area contributed by atoms with Gasteiger partial charge in [0.2, 0.25) is 0 Å². The zero-order valence-corrected chi connectivity index (χ0v) is 11.6. The normalized spacial score (nSPS) is 20.9. The fraction of sp³-hybridized carbons (Fsp3) is 0.133. The van der Waals surface area contributed by atoms with Crippen molar-refractivity contribution in [2.75, 3.05) is 5.32 Å². The number of rotatable bonds is 3. The molecule has 0 bridgehead atoms. The Hall–Kier alpha value is -1.65. The van der Waals surface area contributed by atoms with Crippen LogP contribution < -0.4 is 5.32 Å². The molecule has 0 aliphatic carbocycles. The lowest BCUT2D eigenvalue weighted by Crippen LogP contribution is -2.18. The Morgan fingerprint density at radius 3 is 2.47 bits per heavy atom. The molecule has 4 heteroatoms. The molecule has 1 fully saturated rings. The van der Waals surface area contributed by atoms with Gasteiger partial charge in [-0.1, -0.05) is 52.3 Å². The monoisotopic (exact) mass is 317 g/mol. The Labute approximate surface area is 119 Å². The average molecular weight is 318 g/mol. The van der Waals surface area contributed by atoms with Crippen molar-refractivity contribution < 1.29 is 9.53 Å². The van der Waals surface area contributed by atoms with Crippen molar-refractivity contribution in [2.24, 2.45) is 0 Å². The van der Waals surface area contributed by atoms with E-state index in [9.17, 15) is 4.79 Å². The molecule has 0 aromatic heterocycles. The molecule has 2 aromatic carbocycles. The van der Waals surface area contributed by atoms with Crippen molar-refractivity contribution in [3.8, 4) is 0 Å². The van der Waals surface area contributed by atoms with Gasteiger partial charge in [-0.05, 0) is 23.8 Å². The van der Waals surface area contributed by atoms with Crippen molar-refractivity contribution in [2.45, 2.75) is 12.2 Å².